The molecule has 0 aromatic heterocycles. The predicted molar refractivity (Wildman–Crippen MR) is 41.7 cm³/mol. The van der Waals surface area contributed by atoms with E-state index >= 15 is 0 Å². The molecule has 0 fully saturated rings. The Labute approximate surface area is 60.8 Å². The van der Waals surface area contributed by atoms with Gasteiger partial charge in [-0.25, -0.2) is 0 Å². The number of aliphatic hydroxyl groups excluding tert-OH is 2. The highest BCUT2D eigenvalue weighted by Crippen LogP contribution is 2.00. The highest BCUT2D eigenvalue weighted by molar-refractivity contribution is 5.22. The van der Waals surface area contributed by atoms with E-state index in [9.17, 15) is 0 Å². The lowest BCUT2D eigenvalue weighted by Crippen LogP contribution is -1.99. The van der Waals surface area contributed by atoms with Gasteiger partial charge in [0.05, 0.1) is 6.10 Å². The molecule has 0 saturated carbocycles. The third-order valence-electron chi connectivity index (χ3n) is 1.03. The molecule has 0 bridgehead atoms. The van der Waals surface area contributed by atoms with E-state index in [4.69, 9.17) is 10.2 Å². The Hall–Kier alpha value is -1.02. The fraction of sp³-hybridized carbons (Fsp3) is 0.250. The lowest BCUT2D eigenvalue weighted by Gasteiger charge is -2.00. The van der Waals surface area contributed by atoms with Crippen molar-refractivity contribution in [2.75, 3.05) is 0 Å². The molecule has 0 aliphatic rings. The van der Waals surface area contributed by atoms with Crippen LogP contribution < -0.4 is 0 Å². The first-order valence-electron chi connectivity index (χ1n) is 2.97. The van der Waals surface area contributed by atoms with E-state index in [1.165, 1.54) is 12.2 Å². The summed E-state index contributed by atoms with van der Waals surface area (Å²) in [4.78, 5) is 0. The van der Waals surface area contributed by atoms with Crippen molar-refractivity contribution >= 4 is 0 Å². The van der Waals surface area contributed by atoms with Crippen molar-refractivity contribution in [3.05, 3.63) is 36.6 Å². The molecular weight excluding hydrogens is 128 g/mol. The summed E-state index contributed by atoms with van der Waals surface area (Å²) in [5.74, 6) is -0.0400. The minimum Gasteiger partial charge on any atom is -0.509 e. The minimum absolute atomic E-state index is 0.0400. The van der Waals surface area contributed by atoms with Crippen LogP contribution in [0.2, 0.25) is 0 Å². The summed E-state index contributed by atoms with van der Waals surface area (Å²) >= 11 is 0. The zero-order valence-corrected chi connectivity index (χ0v) is 6.04. The van der Waals surface area contributed by atoms with Crippen molar-refractivity contribution in [1.29, 1.82) is 0 Å². The van der Waals surface area contributed by atoms with Crippen LogP contribution in [-0.2, 0) is 0 Å². The average molecular weight is 140 g/mol. The minimum atomic E-state index is -0.574. The Kier molecular flexibility index (Phi) is 3.51. The molecule has 0 saturated heterocycles. The van der Waals surface area contributed by atoms with Crippen molar-refractivity contribution in [1.82, 2.24) is 0 Å². The van der Waals surface area contributed by atoms with Crippen LogP contribution in [0, 0.1) is 0 Å². The zero-order valence-electron chi connectivity index (χ0n) is 6.04. The highest BCUT2D eigenvalue weighted by atomic mass is 16.3. The van der Waals surface area contributed by atoms with Gasteiger partial charge >= 0.3 is 0 Å². The van der Waals surface area contributed by atoms with Gasteiger partial charge in [-0.15, -0.1) is 0 Å². The molecule has 1 atom stereocenters. The van der Waals surface area contributed by atoms with E-state index in [0.29, 0.717) is 5.57 Å². The van der Waals surface area contributed by atoms with Crippen LogP contribution in [0.15, 0.2) is 36.6 Å². The van der Waals surface area contributed by atoms with Gasteiger partial charge in [0, 0.05) is 0 Å². The maximum absolute atomic E-state index is 8.87. The van der Waals surface area contributed by atoms with Crippen LogP contribution in [-0.4, -0.2) is 16.3 Å². The van der Waals surface area contributed by atoms with Crippen LogP contribution in [0.4, 0.5) is 0 Å². The Bertz CT molecular complexity index is 166. The van der Waals surface area contributed by atoms with Crippen molar-refractivity contribution < 1.29 is 10.2 Å². The molecule has 0 heterocycles. The fourth-order valence-electron chi connectivity index (χ4n) is 0.342. The van der Waals surface area contributed by atoms with Gasteiger partial charge in [0.1, 0.15) is 5.76 Å². The molecule has 0 spiro atoms. The quantitative estimate of drug-likeness (QED) is 0.461. The molecule has 0 aliphatic carbocycles. The molecule has 2 heteroatoms. The summed E-state index contributed by atoms with van der Waals surface area (Å²) in [6.45, 7) is 8.37. The molecule has 0 aromatic carbocycles. The number of hydrogen-bond donors (Lipinski definition) is 2. The van der Waals surface area contributed by atoms with Gasteiger partial charge in [0.25, 0.3) is 0 Å². The summed E-state index contributed by atoms with van der Waals surface area (Å²) < 4.78 is 0. The highest BCUT2D eigenvalue weighted by Gasteiger charge is 1.95. The number of rotatable bonds is 3. The summed E-state index contributed by atoms with van der Waals surface area (Å²) in [5, 5.41) is 17.5. The molecule has 2 nitrogen and oxygen atoms in total. The van der Waals surface area contributed by atoms with Gasteiger partial charge < -0.3 is 10.2 Å². The summed E-state index contributed by atoms with van der Waals surface area (Å²) in [6.07, 6.45) is 2.33. The fourth-order valence-corrected chi connectivity index (χ4v) is 0.342. The van der Waals surface area contributed by atoms with Crippen LogP contribution in [0.1, 0.15) is 6.92 Å². The molecule has 56 valence electrons. The zero-order chi connectivity index (χ0) is 8.15. The number of allylic oxidation sites excluding steroid dienone is 1. The maximum Gasteiger partial charge on any atom is 0.108 e. The molecule has 1 unspecified atom stereocenters. The second kappa shape index (κ2) is 3.90. The van der Waals surface area contributed by atoms with Crippen LogP contribution in [0.5, 0.6) is 0 Å². The standard InChI is InChI=1S/C8H12O2/c1-6(8(3)10)4-5-7(2)9/h4-5,8-10H,1-2H2,3H3/b5-4-. The molecule has 0 rings (SSSR count). The Morgan fingerprint density at radius 2 is 1.90 bits per heavy atom. The van der Waals surface area contributed by atoms with Gasteiger partial charge in [0.2, 0.25) is 0 Å². The summed E-state index contributed by atoms with van der Waals surface area (Å²) in [7, 11) is 0. The van der Waals surface area contributed by atoms with E-state index in [-0.39, 0.29) is 5.76 Å². The molecule has 10 heavy (non-hydrogen) atoms. The second-order valence-electron chi connectivity index (χ2n) is 2.08. The van der Waals surface area contributed by atoms with E-state index < -0.39 is 6.10 Å². The lowest BCUT2D eigenvalue weighted by molar-refractivity contribution is 0.236. The molecule has 0 radical (unpaired) electrons. The number of hydrogen-bond acceptors (Lipinski definition) is 2. The normalized spacial score (nSPS) is 13.4. The first-order chi connectivity index (χ1) is 4.54. The number of aliphatic hydroxyl groups is 2. The van der Waals surface area contributed by atoms with E-state index in [1.807, 2.05) is 0 Å². The third kappa shape index (κ3) is 3.92. The van der Waals surface area contributed by atoms with Gasteiger partial charge in [-0.1, -0.05) is 19.2 Å². The largest absolute Gasteiger partial charge is 0.509 e. The van der Waals surface area contributed by atoms with Gasteiger partial charge in [-0.05, 0) is 18.6 Å². The lowest BCUT2D eigenvalue weighted by atomic mass is 10.2. The topological polar surface area (TPSA) is 40.5 Å². The SMILES string of the molecule is C=C(O)/C=C\C(=C)C(C)O. The van der Waals surface area contributed by atoms with Gasteiger partial charge in [-0.2, -0.15) is 0 Å². The van der Waals surface area contributed by atoms with Gasteiger partial charge in [-0.3, -0.25) is 0 Å². The molecule has 0 aromatic rings. The van der Waals surface area contributed by atoms with E-state index in [1.54, 1.807) is 6.92 Å². The van der Waals surface area contributed by atoms with Gasteiger partial charge in [0.15, 0.2) is 0 Å². The van der Waals surface area contributed by atoms with E-state index in [0.717, 1.165) is 0 Å². The average Bonchev–Trinajstić information content (AvgIpc) is 1.82. The third-order valence-corrected chi connectivity index (χ3v) is 1.03. The molecule has 2 N–H and O–H groups in total. The molecule has 0 amide bonds. The molecular formula is C8H12O2. The van der Waals surface area contributed by atoms with Crippen molar-refractivity contribution in [3.63, 3.8) is 0 Å². The van der Waals surface area contributed by atoms with Crippen LogP contribution in [0.25, 0.3) is 0 Å². The second-order valence-corrected chi connectivity index (χ2v) is 2.08. The smallest absolute Gasteiger partial charge is 0.108 e. The van der Waals surface area contributed by atoms with Crippen molar-refractivity contribution in [2.24, 2.45) is 0 Å². The Morgan fingerprint density at radius 3 is 2.20 bits per heavy atom. The van der Waals surface area contributed by atoms with E-state index in [2.05, 4.69) is 13.2 Å². The first-order valence-corrected chi connectivity index (χ1v) is 2.97. The Morgan fingerprint density at radius 1 is 1.40 bits per heavy atom. The first kappa shape index (κ1) is 8.98. The maximum atomic E-state index is 8.87. The molecule has 0 aliphatic heterocycles. The Balaban J connectivity index is 3.90. The predicted octanol–water partition coefficient (Wildman–Crippen LogP) is 1.55. The summed E-state index contributed by atoms with van der Waals surface area (Å²) in [5.41, 5.74) is 0.551. The van der Waals surface area contributed by atoms with Crippen molar-refractivity contribution in [2.45, 2.75) is 13.0 Å². The summed E-state index contributed by atoms with van der Waals surface area (Å²) in [6, 6.07) is 0. The van der Waals surface area contributed by atoms with Crippen LogP contribution >= 0.6 is 0 Å². The van der Waals surface area contributed by atoms with Crippen LogP contribution in [0.3, 0.4) is 0 Å². The monoisotopic (exact) mass is 140 g/mol. The van der Waals surface area contributed by atoms with Crippen molar-refractivity contribution in [3.8, 4) is 0 Å².